The second-order valence-corrected chi connectivity index (χ2v) is 9.41. The third-order valence-electron chi connectivity index (χ3n) is 4.54. The first-order valence-electron chi connectivity index (χ1n) is 11.0. The van der Waals surface area contributed by atoms with Gasteiger partial charge in [0.15, 0.2) is 0 Å². The average molecular weight is 405 g/mol. The Hall–Kier alpha value is 0.360. The number of aliphatic hydroxyl groups excluding tert-OH is 2. The lowest BCUT2D eigenvalue weighted by atomic mass is 10.1. The largest absolute Gasteiger partial charge is 0.396 e. The molecule has 2 nitrogen and oxygen atoms in total. The van der Waals surface area contributed by atoms with Crippen LogP contribution in [-0.2, 0) is 0 Å². The van der Waals surface area contributed by atoms with Gasteiger partial charge in [0.2, 0.25) is 0 Å². The van der Waals surface area contributed by atoms with Crippen LogP contribution in [-0.4, -0.2) is 34.9 Å². The van der Waals surface area contributed by atoms with E-state index in [0.29, 0.717) is 0 Å². The second-order valence-electron chi connectivity index (χ2n) is 7.03. The van der Waals surface area contributed by atoms with Crippen LogP contribution in [0.1, 0.15) is 104 Å². The molecular weight excluding hydrogens is 360 g/mol. The van der Waals surface area contributed by atoms with Gasteiger partial charge in [-0.2, -0.15) is 0 Å². The SMILES string of the molecule is CCCCCCCCSC(CCO)=C(CCO)SCCCCCCCC. The highest BCUT2D eigenvalue weighted by molar-refractivity contribution is 8.06. The molecule has 26 heavy (non-hydrogen) atoms. The zero-order chi connectivity index (χ0) is 19.3. The minimum absolute atomic E-state index is 0.214. The highest BCUT2D eigenvalue weighted by Gasteiger charge is 2.08. The minimum Gasteiger partial charge on any atom is -0.396 e. The van der Waals surface area contributed by atoms with Crippen LogP contribution in [0.4, 0.5) is 0 Å². The molecule has 0 saturated heterocycles. The van der Waals surface area contributed by atoms with Gasteiger partial charge < -0.3 is 10.2 Å². The Bertz CT molecular complexity index is 289. The lowest BCUT2D eigenvalue weighted by Gasteiger charge is -2.14. The zero-order valence-electron chi connectivity index (χ0n) is 17.4. The third kappa shape index (κ3) is 16.5. The fourth-order valence-electron chi connectivity index (χ4n) is 2.94. The Morgan fingerprint density at radius 1 is 0.538 bits per heavy atom. The molecule has 0 atom stereocenters. The molecule has 0 aromatic carbocycles. The fraction of sp³-hybridized carbons (Fsp3) is 0.909. The number of hydrogen-bond acceptors (Lipinski definition) is 4. The van der Waals surface area contributed by atoms with Gasteiger partial charge in [-0.3, -0.25) is 0 Å². The molecule has 0 unspecified atom stereocenters. The maximum atomic E-state index is 9.43. The summed E-state index contributed by atoms with van der Waals surface area (Å²) in [5, 5.41) is 18.9. The molecule has 0 rings (SSSR count). The Balaban J connectivity index is 4.19. The molecule has 0 aromatic rings. The van der Waals surface area contributed by atoms with E-state index < -0.39 is 0 Å². The summed E-state index contributed by atoms with van der Waals surface area (Å²) < 4.78 is 0. The van der Waals surface area contributed by atoms with Crippen molar-refractivity contribution in [1.29, 1.82) is 0 Å². The van der Waals surface area contributed by atoms with E-state index in [1.54, 1.807) is 0 Å². The fourth-order valence-corrected chi connectivity index (χ4v) is 5.48. The predicted molar refractivity (Wildman–Crippen MR) is 122 cm³/mol. The van der Waals surface area contributed by atoms with Crippen LogP contribution in [0, 0.1) is 0 Å². The van der Waals surface area contributed by atoms with Crippen LogP contribution < -0.4 is 0 Å². The number of unbranched alkanes of at least 4 members (excludes halogenated alkanes) is 10. The van der Waals surface area contributed by atoms with Gasteiger partial charge in [-0.15, -0.1) is 23.5 Å². The number of thioether (sulfide) groups is 2. The van der Waals surface area contributed by atoms with Crippen LogP contribution in [0.3, 0.4) is 0 Å². The van der Waals surface area contributed by atoms with E-state index in [1.165, 1.54) is 86.9 Å². The van der Waals surface area contributed by atoms with Gasteiger partial charge in [0.1, 0.15) is 0 Å². The highest BCUT2D eigenvalue weighted by atomic mass is 32.2. The Morgan fingerprint density at radius 2 is 0.885 bits per heavy atom. The quantitative estimate of drug-likeness (QED) is 0.211. The predicted octanol–water partition coefficient (Wildman–Crippen LogP) is 7.15. The molecule has 0 aliphatic heterocycles. The van der Waals surface area contributed by atoms with Crippen molar-refractivity contribution in [3.05, 3.63) is 9.81 Å². The molecule has 156 valence electrons. The first-order valence-corrected chi connectivity index (χ1v) is 13.0. The summed E-state index contributed by atoms with van der Waals surface area (Å²) in [6, 6.07) is 0. The zero-order valence-corrected chi connectivity index (χ0v) is 19.1. The van der Waals surface area contributed by atoms with E-state index in [2.05, 4.69) is 13.8 Å². The summed E-state index contributed by atoms with van der Waals surface area (Å²) in [7, 11) is 0. The average Bonchev–Trinajstić information content (AvgIpc) is 2.65. The first kappa shape index (κ1) is 26.4. The molecule has 2 N–H and O–H groups in total. The molecule has 0 fully saturated rings. The van der Waals surface area contributed by atoms with Gasteiger partial charge >= 0.3 is 0 Å². The summed E-state index contributed by atoms with van der Waals surface area (Å²) in [5.41, 5.74) is 0. The first-order chi connectivity index (χ1) is 12.8. The Labute approximate surface area is 172 Å². The van der Waals surface area contributed by atoms with E-state index in [9.17, 15) is 10.2 Å². The molecule has 0 aliphatic rings. The highest BCUT2D eigenvalue weighted by Crippen LogP contribution is 2.33. The van der Waals surface area contributed by atoms with E-state index in [0.717, 1.165) is 24.3 Å². The Kier molecular flexibility index (Phi) is 22.0. The molecule has 0 heterocycles. The standard InChI is InChI=1S/C22H44O2S2/c1-3-5-7-9-11-13-19-25-21(15-17-23)22(16-18-24)26-20-14-12-10-8-6-4-2/h23-24H,3-20H2,1-2H3. The molecular formula is C22H44O2S2. The van der Waals surface area contributed by atoms with E-state index in [4.69, 9.17) is 0 Å². The van der Waals surface area contributed by atoms with Crippen LogP contribution in [0.5, 0.6) is 0 Å². The molecule has 4 heteroatoms. The summed E-state index contributed by atoms with van der Waals surface area (Å²) in [4.78, 5) is 2.65. The molecule has 0 saturated carbocycles. The van der Waals surface area contributed by atoms with Gasteiger partial charge in [0.05, 0.1) is 0 Å². The number of hydrogen-bond donors (Lipinski definition) is 2. The van der Waals surface area contributed by atoms with Gasteiger partial charge in [-0.25, -0.2) is 0 Å². The van der Waals surface area contributed by atoms with Gasteiger partial charge in [0.25, 0.3) is 0 Å². The van der Waals surface area contributed by atoms with E-state index in [1.807, 2.05) is 23.5 Å². The Morgan fingerprint density at radius 3 is 1.23 bits per heavy atom. The molecule has 0 aliphatic carbocycles. The van der Waals surface area contributed by atoms with Crippen molar-refractivity contribution in [3.8, 4) is 0 Å². The van der Waals surface area contributed by atoms with Crippen molar-refractivity contribution >= 4 is 23.5 Å². The molecule has 0 spiro atoms. The van der Waals surface area contributed by atoms with Crippen LogP contribution >= 0.6 is 23.5 Å². The van der Waals surface area contributed by atoms with Crippen molar-refractivity contribution < 1.29 is 10.2 Å². The second kappa shape index (κ2) is 21.7. The maximum Gasteiger partial charge on any atom is 0.0476 e. The summed E-state index contributed by atoms with van der Waals surface area (Å²) in [5.74, 6) is 2.29. The summed E-state index contributed by atoms with van der Waals surface area (Å²) in [6.45, 7) is 4.94. The van der Waals surface area contributed by atoms with Crippen molar-refractivity contribution in [2.45, 2.75) is 104 Å². The van der Waals surface area contributed by atoms with Crippen molar-refractivity contribution in [1.82, 2.24) is 0 Å². The lowest BCUT2D eigenvalue weighted by molar-refractivity contribution is 0.296. The number of aliphatic hydroxyl groups is 2. The van der Waals surface area contributed by atoms with Crippen LogP contribution in [0.2, 0.25) is 0 Å². The van der Waals surface area contributed by atoms with Gasteiger partial charge in [-0.05, 0) is 34.2 Å². The molecule has 0 amide bonds. The lowest BCUT2D eigenvalue weighted by Crippen LogP contribution is -1.96. The van der Waals surface area contributed by atoms with Crippen molar-refractivity contribution in [3.63, 3.8) is 0 Å². The van der Waals surface area contributed by atoms with Gasteiger partial charge in [0, 0.05) is 26.1 Å². The third-order valence-corrected chi connectivity index (χ3v) is 7.25. The molecule has 0 radical (unpaired) electrons. The van der Waals surface area contributed by atoms with Crippen LogP contribution in [0.25, 0.3) is 0 Å². The number of rotatable bonds is 20. The van der Waals surface area contributed by atoms with Gasteiger partial charge in [-0.1, -0.05) is 78.1 Å². The maximum absolute atomic E-state index is 9.43. The van der Waals surface area contributed by atoms with Crippen molar-refractivity contribution in [2.24, 2.45) is 0 Å². The summed E-state index contributed by atoms with van der Waals surface area (Å²) in [6.07, 6.45) is 17.4. The summed E-state index contributed by atoms with van der Waals surface area (Å²) >= 11 is 3.84. The molecule has 0 bridgehead atoms. The monoisotopic (exact) mass is 404 g/mol. The smallest absolute Gasteiger partial charge is 0.0476 e. The molecule has 0 aromatic heterocycles. The topological polar surface area (TPSA) is 40.5 Å². The van der Waals surface area contributed by atoms with Crippen molar-refractivity contribution in [2.75, 3.05) is 24.7 Å². The van der Waals surface area contributed by atoms with Crippen LogP contribution in [0.15, 0.2) is 9.81 Å². The minimum atomic E-state index is 0.214. The van der Waals surface area contributed by atoms with E-state index >= 15 is 0 Å². The normalized spacial score (nSPS) is 12.5. The van der Waals surface area contributed by atoms with E-state index in [-0.39, 0.29) is 13.2 Å².